The summed E-state index contributed by atoms with van der Waals surface area (Å²) in [5.41, 5.74) is 4.13. The van der Waals surface area contributed by atoms with Crippen molar-refractivity contribution in [3.8, 4) is 5.75 Å². The van der Waals surface area contributed by atoms with Gasteiger partial charge in [-0.05, 0) is 90.9 Å². The molecule has 0 saturated heterocycles. The van der Waals surface area contributed by atoms with Crippen LogP contribution < -0.4 is 0 Å². The minimum absolute atomic E-state index is 0.0918. The third kappa shape index (κ3) is 1.89. The van der Waals surface area contributed by atoms with Gasteiger partial charge in [-0.2, -0.15) is 0 Å². The van der Waals surface area contributed by atoms with Crippen molar-refractivity contribution in [1.29, 1.82) is 0 Å². The number of phenolic OH excluding ortho intramolecular Hbond substituents is 1. The predicted molar refractivity (Wildman–Crippen MR) is 88.1 cm³/mol. The van der Waals surface area contributed by atoms with E-state index < -0.39 is 0 Å². The van der Waals surface area contributed by atoms with Crippen molar-refractivity contribution >= 4 is 0 Å². The second-order valence-corrected chi connectivity index (χ2v) is 8.09. The molecule has 2 N–H and O–H groups in total. The molecule has 0 aliphatic heterocycles. The van der Waals surface area contributed by atoms with E-state index in [1.165, 1.54) is 30.4 Å². The molecule has 2 fully saturated rings. The van der Waals surface area contributed by atoms with Crippen LogP contribution in [0.1, 0.15) is 68.6 Å². The summed E-state index contributed by atoms with van der Waals surface area (Å²) in [6.07, 6.45) is 7.69. The van der Waals surface area contributed by atoms with E-state index in [0.717, 1.165) is 37.2 Å². The van der Waals surface area contributed by atoms with Crippen LogP contribution in [-0.4, -0.2) is 16.3 Å². The van der Waals surface area contributed by atoms with Gasteiger partial charge >= 0.3 is 0 Å². The van der Waals surface area contributed by atoms with Crippen molar-refractivity contribution in [3.63, 3.8) is 0 Å². The van der Waals surface area contributed by atoms with Gasteiger partial charge in [0.1, 0.15) is 5.75 Å². The molecular weight excluding hydrogens is 272 g/mol. The first-order valence-electron chi connectivity index (χ1n) is 9.07. The zero-order chi connectivity index (χ0) is 15.5. The number of aliphatic hydroxyl groups is 1. The molecule has 0 heterocycles. The Morgan fingerprint density at radius 1 is 1.18 bits per heavy atom. The Bertz CT molecular complexity index is 594. The number of benzene rings is 1. The van der Waals surface area contributed by atoms with Crippen LogP contribution in [0.4, 0.5) is 0 Å². The molecule has 0 spiro atoms. The van der Waals surface area contributed by atoms with Crippen molar-refractivity contribution in [1.82, 2.24) is 0 Å². The Morgan fingerprint density at radius 3 is 2.77 bits per heavy atom. The second kappa shape index (κ2) is 4.99. The molecule has 3 aliphatic rings. The topological polar surface area (TPSA) is 40.5 Å². The fourth-order valence-corrected chi connectivity index (χ4v) is 5.91. The van der Waals surface area contributed by atoms with E-state index in [0.29, 0.717) is 17.6 Å². The number of aliphatic hydroxyl groups excluding tert-OH is 1. The van der Waals surface area contributed by atoms with Crippen molar-refractivity contribution in [2.75, 3.05) is 0 Å². The average Bonchev–Trinajstić information content (AvgIpc) is 2.82. The van der Waals surface area contributed by atoms with E-state index in [1.54, 1.807) is 0 Å². The maximum Gasteiger partial charge on any atom is 0.119 e. The van der Waals surface area contributed by atoms with Crippen LogP contribution in [0.2, 0.25) is 0 Å². The number of rotatable bonds is 1. The molecule has 2 heteroatoms. The first-order valence-corrected chi connectivity index (χ1v) is 9.07. The quantitative estimate of drug-likeness (QED) is 0.817. The smallest absolute Gasteiger partial charge is 0.119 e. The van der Waals surface area contributed by atoms with Crippen LogP contribution >= 0.6 is 0 Å². The summed E-state index contributed by atoms with van der Waals surface area (Å²) in [5, 5.41) is 20.6. The van der Waals surface area contributed by atoms with Crippen LogP contribution in [0.25, 0.3) is 0 Å². The van der Waals surface area contributed by atoms with Crippen molar-refractivity contribution in [2.45, 2.75) is 70.8 Å². The molecule has 3 aliphatic carbocycles. The molecule has 0 aromatic heterocycles. The van der Waals surface area contributed by atoms with Gasteiger partial charge in [0.2, 0.25) is 0 Å². The lowest BCUT2D eigenvalue weighted by atomic mass is 9.55. The van der Waals surface area contributed by atoms with Gasteiger partial charge < -0.3 is 10.2 Å². The van der Waals surface area contributed by atoms with Crippen molar-refractivity contribution < 1.29 is 10.2 Å². The predicted octanol–water partition coefficient (Wildman–Crippen LogP) is 4.17. The van der Waals surface area contributed by atoms with Gasteiger partial charge in [0.15, 0.2) is 0 Å². The van der Waals surface area contributed by atoms with Crippen LogP contribution in [0.5, 0.6) is 5.75 Å². The SMILES string of the molecule is CCc1cc2c(cc1O)CC[C@@H]1[C@@H]2CC[C@]2(C)[C@@H]1CC[C@@H]2O. The Hall–Kier alpha value is -1.02. The molecule has 1 aromatic rings. The minimum Gasteiger partial charge on any atom is -0.508 e. The van der Waals surface area contributed by atoms with Gasteiger partial charge in [-0.15, -0.1) is 0 Å². The zero-order valence-corrected chi connectivity index (χ0v) is 13.8. The second-order valence-electron chi connectivity index (χ2n) is 8.09. The van der Waals surface area contributed by atoms with E-state index in [4.69, 9.17) is 0 Å². The van der Waals surface area contributed by atoms with E-state index in [9.17, 15) is 10.2 Å². The molecule has 1 aromatic carbocycles. The highest BCUT2D eigenvalue weighted by molar-refractivity contribution is 5.45. The highest BCUT2D eigenvalue weighted by atomic mass is 16.3. The number of hydrogen-bond donors (Lipinski definition) is 2. The first kappa shape index (κ1) is 14.6. The fourth-order valence-electron chi connectivity index (χ4n) is 5.91. The van der Waals surface area contributed by atoms with Gasteiger partial charge in [0.05, 0.1) is 6.10 Å². The van der Waals surface area contributed by atoms with Crippen LogP contribution in [0, 0.1) is 17.3 Å². The highest BCUT2D eigenvalue weighted by Gasteiger charge is 2.54. The summed E-state index contributed by atoms with van der Waals surface area (Å²) < 4.78 is 0. The summed E-state index contributed by atoms with van der Waals surface area (Å²) in [6.45, 7) is 4.45. The standard InChI is InChI=1S/C20H28O2/c1-3-12-10-16-13(11-18(12)21)4-5-15-14(16)8-9-20(2)17(15)6-7-19(20)22/h10-11,14-15,17,19,21-22H,3-9H2,1-2H3/t14-,15+,17+,19-,20+/m0/s1. The molecule has 0 radical (unpaired) electrons. The van der Waals surface area contributed by atoms with Crippen molar-refractivity contribution in [2.24, 2.45) is 17.3 Å². The van der Waals surface area contributed by atoms with Gasteiger partial charge in [-0.25, -0.2) is 0 Å². The van der Waals surface area contributed by atoms with E-state index in [1.807, 2.05) is 6.07 Å². The van der Waals surface area contributed by atoms with E-state index in [-0.39, 0.29) is 11.5 Å². The number of hydrogen-bond acceptors (Lipinski definition) is 2. The molecular formula is C20H28O2. The largest absolute Gasteiger partial charge is 0.508 e. The third-order valence-electron chi connectivity index (χ3n) is 7.25. The van der Waals surface area contributed by atoms with Crippen molar-refractivity contribution in [3.05, 3.63) is 28.8 Å². The molecule has 0 amide bonds. The molecule has 4 rings (SSSR count). The molecule has 120 valence electrons. The summed E-state index contributed by atoms with van der Waals surface area (Å²) in [6, 6.07) is 4.32. The Morgan fingerprint density at radius 2 is 2.00 bits per heavy atom. The minimum atomic E-state index is -0.0918. The summed E-state index contributed by atoms with van der Waals surface area (Å²) in [4.78, 5) is 0. The number of aromatic hydroxyl groups is 1. The molecule has 2 nitrogen and oxygen atoms in total. The lowest BCUT2D eigenvalue weighted by Gasteiger charge is -2.50. The maximum atomic E-state index is 10.5. The number of fused-ring (bicyclic) bond motifs is 5. The fraction of sp³-hybridized carbons (Fsp3) is 0.700. The lowest BCUT2D eigenvalue weighted by Crippen LogP contribution is -2.43. The van der Waals surface area contributed by atoms with E-state index >= 15 is 0 Å². The van der Waals surface area contributed by atoms with Crippen LogP contribution in [-0.2, 0) is 12.8 Å². The monoisotopic (exact) mass is 300 g/mol. The molecule has 5 atom stereocenters. The molecule has 2 saturated carbocycles. The normalized spacial score (nSPS) is 40.0. The van der Waals surface area contributed by atoms with Gasteiger partial charge in [0.25, 0.3) is 0 Å². The van der Waals surface area contributed by atoms with E-state index in [2.05, 4.69) is 19.9 Å². The number of aryl methyl sites for hydroxylation is 2. The maximum absolute atomic E-state index is 10.5. The Balaban J connectivity index is 1.72. The van der Waals surface area contributed by atoms with Gasteiger partial charge in [-0.1, -0.05) is 19.9 Å². The third-order valence-corrected chi connectivity index (χ3v) is 7.25. The number of phenols is 1. The Kier molecular flexibility index (Phi) is 3.30. The van der Waals surface area contributed by atoms with Crippen LogP contribution in [0.15, 0.2) is 12.1 Å². The molecule has 22 heavy (non-hydrogen) atoms. The highest BCUT2D eigenvalue weighted by Crippen LogP contribution is 2.61. The zero-order valence-electron chi connectivity index (χ0n) is 13.8. The summed E-state index contributed by atoms with van der Waals surface area (Å²) in [7, 11) is 0. The van der Waals surface area contributed by atoms with Gasteiger partial charge in [-0.3, -0.25) is 0 Å². The average molecular weight is 300 g/mol. The summed E-state index contributed by atoms with van der Waals surface area (Å²) in [5.74, 6) is 2.56. The lowest BCUT2D eigenvalue weighted by molar-refractivity contribution is -0.0226. The first-order chi connectivity index (χ1) is 10.5. The summed E-state index contributed by atoms with van der Waals surface area (Å²) >= 11 is 0. The molecule has 0 bridgehead atoms. The van der Waals surface area contributed by atoms with Gasteiger partial charge in [0, 0.05) is 0 Å². The van der Waals surface area contributed by atoms with Crippen LogP contribution in [0.3, 0.4) is 0 Å². The molecule has 0 unspecified atom stereocenters. The Labute approximate surface area is 133 Å².